The van der Waals surface area contributed by atoms with Gasteiger partial charge in [-0.2, -0.15) is 0 Å². The van der Waals surface area contributed by atoms with Crippen molar-refractivity contribution in [3.8, 4) is 11.8 Å². The number of ether oxygens (including phenoxy) is 1. The van der Waals surface area contributed by atoms with Crippen LogP contribution >= 0.6 is 0 Å². The lowest BCUT2D eigenvalue weighted by Crippen LogP contribution is -2.11. The first kappa shape index (κ1) is 13.9. The van der Waals surface area contributed by atoms with Gasteiger partial charge in [0.15, 0.2) is 6.61 Å². The Morgan fingerprint density at radius 2 is 2.39 bits per heavy atom. The topological polar surface area (TPSA) is 39.4 Å². The number of esters is 1. The first-order valence-corrected chi connectivity index (χ1v) is 5.64. The minimum Gasteiger partial charge on any atom is -0.469 e. The van der Waals surface area contributed by atoms with Gasteiger partial charge in [0.2, 0.25) is 0 Å². The van der Waals surface area contributed by atoms with Gasteiger partial charge in [0.1, 0.15) is 5.76 Å². The van der Waals surface area contributed by atoms with Crippen molar-refractivity contribution in [1.82, 2.24) is 0 Å². The van der Waals surface area contributed by atoms with Crippen molar-refractivity contribution < 1.29 is 13.9 Å². The molecule has 1 heterocycles. The second kappa shape index (κ2) is 7.21. The van der Waals surface area contributed by atoms with Gasteiger partial charge in [0.05, 0.1) is 18.6 Å². The van der Waals surface area contributed by atoms with Crippen molar-refractivity contribution in [2.24, 2.45) is 0 Å². The maximum Gasteiger partial charge on any atom is 0.307 e. The average molecular weight is 244 g/mol. The summed E-state index contributed by atoms with van der Waals surface area (Å²) in [6.45, 7) is 7.28. The number of furan rings is 1. The van der Waals surface area contributed by atoms with Crippen LogP contribution in [-0.4, -0.2) is 12.6 Å². The minimum atomic E-state index is -0.311. The van der Waals surface area contributed by atoms with Crippen molar-refractivity contribution in [3.63, 3.8) is 0 Å². The molecular formula is C15H16O3. The summed E-state index contributed by atoms with van der Waals surface area (Å²) in [7, 11) is 0. The molecule has 0 saturated carbocycles. The Kier molecular flexibility index (Phi) is 5.57. The fraction of sp³-hybridized carbons (Fsp3) is 0.333. The third-order valence-corrected chi connectivity index (χ3v) is 2.54. The number of allylic oxidation sites excluding steroid dienone is 1. The molecule has 0 N–H and O–H groups in total. The zero-order chi connectivity index (χ0) is 13.4. The third-order valence-electron chi connectivity index (χ3n) is 2.54. The van der Waals surface area contributed by atoms with Gasteiger partial charge in [0, 0.05) is 0 Å². The maximum atomic E-state index is 11.7. The van der Waals surface area contributed by atoms with E-state index in [1.807, 2.05) is 13.0 Å². The summed E-state index contributed by atoms with van der Waals surface area (Å²) in [5.41, 5.74) is 3.65. The molecule has 0 bridgehead atoms. The summed E-state index contributed by atoms with van der Waals surface area (Å²) in [6.07, 6.45) is 1.78. The highest BCUT2D eigenvalue weighted by Crippen LogP contribution is 2.27. The van der Waals surface area contributed by atoms with Gasteiger partial charge in [-0.15, -0.1) is 11.7 Å². The summed E-state index contributed by atoms with van der Waals surface area (Å²) in [6, 6.07) is 3.61. The van der Waals surface area contributed by atoms with E-state index >= 15 is 0 Å². The van der Waals surface area contributed by atoms with Crippen LogP contribution in [0.25, 0.3) is 0 Å². The molecule has 0 spiro atoms. The van der Waals surface area contributed by atoms with Crippen LogP contribution in [0.1, 0.15) is 31.9 Å². The van der Waals surface area contributed by atoms with Gasteiger partial charge in [-0.25, -0.2) is 0 Å². The van der Waals surface area contributed by atoms with E-state index in [2.05, 4.69) is 24.2 Å². The highest BCUT2D eigenvalue weighted by atomic mass is 16.5. The lowest BCUT2D eigenvalue weighted by molar-refractivity contribution is -0.142. The first-order chi connectivity index (χ1) is 8.69. The predicted molar refractivity (Wildman–Crippen MR) is 68.8 cm³/mol. The first-order valence-electron chi connectivity index (χ1n) is 5.64. The van der Waals surface area contributed by atoms with Crippen LogP contribution in [0.5, 0.6) is 0 Å². The largest absolute Gasteiger partial charge is 0.469 e. The second-order valence-corrected chi connectivity index (χ2v) is 3.72. The molecule has 1 rings (SSSR count). The van der Waals surface area contributed by atoms with Gasteiger partial charge in [-0.1, -0.05) is 12.5 Å². The molecular weight excluding hydrogens is 228 g/mol. The molecule has 1 atom stereocenters. The summed E-state index contributed by atoms with van der Waals surface area (Å²) in [5, 5.41) is 0. The van der Waals surface area contributed by atoms with E-state index < -0.39 is 0 Å². The molecule has 1 aromatic rings. The Labute approximate surface area is 107 Å². The van der Waals surface area contributed by atoms with Crippen LogP contribution in [0, 0.1) is 11.8 Å². The summed E-state index contributed by atoms with van der Waals surface area (Å²) < 4.78 is 10.3. The summed E-state index contributed by atoms with van der Waals surface area (Å²) >= 11 is 0. The van der Waals surface area contributed by atoms with Crippen LogP contribution in [0.15, 0.2) is 40.7 Å². The standard InChI is InChI=1S/C15H16O3/c1-4-6-9-18-15(16)11-13(12(3)5-2)14-8-7-10-17-14/h7-8,10,13H,2,9,11H2,1,3H3. The molecule has 0 fully saturated rings. The van der Waals surface area contributed by atoms with Crippen molar-refractivity contribution in [2.45, 2.75) is 26.2 Å². The molecule has 0 aliphatic heterocycles. The number of hydrogen-bond acceptors (Lipinski definition) is 3. The number of carbonyl (C=O) groups excluding carboxylic acids is 1. The average Bonchev–Trinajstić information content (AvgIpc) is 2.89. The number of rotatable bonds is 5. The number of carbonyl (C=O) groups is 1. The van der Waals surface area contributed by atoms with Crippen LogP contribution in [0.4, 0.5) is 0 Å². The Bertz CT molecular complexity index is 494. The van der Waals surface area contributed by atoms with Crippen molar-refractivity contribution in [1.29, 1.82) is 0 Å². The van der Waals surface area contributed by atoms with Gasteiger partial charge in [-0.3, -0.25) is 4.79 Å². The molecule has 1 unspecified atom stereocenters. The maximum absolute atomic E-state index is 11.7. The highest BCUT2D eigenvalue weighted by molar-refractivity contribution is 5.71. The van der Waals surface area contributed by atoms with Crippen molar-refractivity contribution >= 4 is 5.97 Å². The lowest BCUT2D eigenvalue weighted by Gasteiger charge is -2.12. The SMILES string of the molecule is C=C=C(C)C(CC(=O)OCC#CC)c1ccco1. The normalized spacial score (nSPS) is 10.8. The van der Waals surface area contributed by atoms with E-state index in [-0.39, 0.29) is 24.9 Å². The van der Waals surface area contributed by atoms with Gasteiger partial charge >= 0.3 is 5.97 Å². The third kappa shape index (κ3) is 4.01. The Hall–Kier alpha value is -2.17. The van der Waals surface area contributed by atoms with Crippen LogP contribution in [0.2, 0.25) is 0 Å². The molecule has 94 valence electrons. The molecule has 0 aliphatic carbocycles. The Morgan fingerprint density at radius 1 is 1.61 bits per heavy atom. The molecule has 0 aliphatic rings. The van der Waals surface area contributed by atoms with E-state index in [1.165, 1.54) is 0 Å². The summed E-state index contributed by atoms with van der Waals surface area (Å²) in [4.78, 5) is 11.7. The van der Waals surface area contributed by atoms with Crippen LogP contribution in [0.3, 0.4) is 0 Å². The molecule has 1 aromatic heterocycles. The zero-order valence-electron chi connectivity index (χ0n) is 10.7. The van der Waals surface area contributed by atoms with Gasteiger partial charge in [-0.05, 0) is 31.6 Å². The molecule has 0 amide bonds. The zero-order valence-corrected chi connectivity index (χ0v) is 10.7. The van der Waals surface area contributed by atoms with Crippen LogP contribution < -0.4 is 0 Å². The lowest BCUT2D eigenvalue weighted by atomic mass is 9.95. The van der Waals surface area contributed by atoms with Crippen molar-refractivity contribution in [2.75, 3.05) is 6.61 Å². The second-order valence-electron chi connectivity index (χ2n) is 3.72. The van der Waals surface area contributed by atoms with Gasteiger partial charge < -0.3 is 9.15 Å². The Morgan fingerprint density at radius 3 is 2.94 bits per heavy atom. The van der Waals surface area contributed by atoms with Crippen molar-refractivity contribution in [3.05, 3.63) is 42.0 Å². The molecule has 0 aromatic carbocycles. The number of hydrogen-bond donors (Lipinski definition) is 0. The smallest absolute Gasteiger partial charge is 0.307 e. The van der Waals surface area contributed by atoms with Crippen LogP contribution in [-0.2, 0) is 9.53 Å². The molecule has 3 heteroatoms. The van der Waals surface area contributed by atoms with E-state index in [4.69, 9.17) is 9.15 Å². The fourth-order valence-corrected chi connectivity index (χ4v) is 1.49. The molecule has 0 saturated heterocycles. The minimum absolute atomic E-state index is 0.122. The summed E-state index contributed by atoms with van der Waals surface area (Å²) in [5.74, 6) is 5.56. The Balaban J connectivity index is 2.71. The van der Waals surface area contributed by atoms with E-state index in [9.17, 15) is 4.79 Å². The monoisotopic (exact) mass is 244 g/mol. The quantitative estimate of drug-likeness (QED) is 0.454. The molecule has 18 heavy (non-hydrogen) atoms. The van der Waals surface area contributed by atoms with E-state index in [1.54, 1.807) is 19.3 Å². The molecule has 0 radical (unpaired) electrons. The molecule has 3 nitrogen and oxygen atoms in total. The predicted octanol–water partition coefficient (Wildman–Crippen LogP) is 3.05. The van der Waals surface area contributed by atoms with Gasteiger partial charge in [0.25, 0.3) is 0 Å². The van der Waals surface area contributed by atoms with E-state index in [0.717, 1.165) is 5.57 Å². The highest BCUT2D eigenvalue weighted by Gasteiger charge is 2.21. The van der Waals surface area contributed by atoms with E-state index in [0.29, 0.717) is 5.76 Å². The fourth-order valence-electron chi connectivity index (χ4n) is 1.49.